The number of anilines is 1. The smallest absolute Gasteiger partial charge is 0.265 e. The Labute approximate surface area is 308 Å². The van der Waals surface area contributed by atoms with Gasteiger partial charge in [-0.1, -0.05) is 57.2 Å². The molecule has 0 unspecified atom stereocenters. The van der Waals surface area contributed by atoms with Crippen LogP contribution in [0.15, 0.2) is 58.3 Å². The Balaban J connectivity index is 1.65. The highest BCUT2D eigenvalue weighted by atomic mass is 28.4. The Morgan fingerprint density at radius 2 is 1.73 bits per heavy atom. The third kappa shape index (κ3) is 5.92. The number of hydrogen-bond donors (Lipinski definition) is 1. The number of ketones is 2. The largest absolute Gasteiger partial charge is 0.508 e. The lowest BCUT2D eigenvalue weighted by Crippen LogP contribution is -2.66. The van der Waals surface area contributed by atoms with Crippen molar-refractivity contribution in [2.24, 2.45) is 11.3 Å². The maximum Gasteiger partial charge on any atom is 0.265 e. The summed E-state index contributed by atoms with van der Waals surface area (Å²) >= 11 is 0. The lowest BCUT2D eigenvalue weighted by atomic mass is 9.52. The highest BCUT2D eigenvalue weighted by Crippen LogP contribution is 2.63. The van der Waals surface area contributed by atoms with Crippen LogP contribution in [0.3, 0.4) is 0 Å². The summed E-state index contributed by atoms with van der Waals surface area (Å²) in [4.78, 5) is 34.7. The summed E-state index contributed by atoms with van der Waals surface area (Å²) in [6.45, 7) is 12.5. The zero-order chi connectivity index (χ0) is 38.0. The third-order valence-corrected chi connectivity index (χ3v) is 16.1. The molecular weight excluding hydrogens is 679 g/mol. The summed E-state index contributed by atoms with van der Waals surface area (Å²) in [5.74, 6) is -1.55. The van der Waals surface area contributed by atoms with Gasteiger partial charge in [-0.25, -0.2) is 0 Å². The van der Waals surface area contributed by atoms with E-state index in [1.54, 1.807) is 7.11 Å². The van der Waals surface area contributed by atoms with E-state index < -0.39 is 37.1 Å². The minimum atomic E-state index is -2.88. The van der Waals surface area contributed by atoms with Gasteiger partial charge in [0.25, 0.3) is 5.88 Å². The van der Waals surface area contributed by atoms with Gasteiger partial charge in [-0.2, -0.15) is 0 Å². The summed E-state index contributed by atoms with van der Waals surface area (Å²) in [6, 6.07) is 13.0. The van der Waals surface area contributed by atoms with E-state index in [0.29, 0.717) is 17.7 Å². The van der Waals surface area contributed by atoms with Gasteiger partial charge in [0.15, 0.2) is 25.5 Å². The van der Waals surface area contributed by atoms with Gasteiger partial charge in [-0.15, -0.1) is 0 Å². The quantitative estimate of drug-likeness (QED) is 0.124. The first-order valence-corrected chi connectivity index (χ1v) is 20.8. The summed E-state index contributed by atoms with van der Waals surface area (Å²) in [7, 11) is 6.39. The van der Waals surface area contributed by atoms with Gasteiger partial charge in [0, 0.05) is 49.4 Å². The number of aliphatic hydroxyl groups is 1. The van der Waals surface area contributed by atoms with Crippen LogP contribution in [0.4, 0.5) is 5.69 Å². The number of fused-ring (bicyclic) bond motifs is 4. The van der Waals surface area contributed by atoms with Crippen LogP contribution in [0, 0.1) is 18.3 Å². The van der Waals surface area contributed by atoms with Crippen LogP contribution in [-0.4, -0.2) is 89.3 Å². The van der Waals surface area contributed by atoms with Crippen molar-refractivity contribution < 1.29 is 37.9 Å². The fourth-order valence-electron chi connectivity index (χ4n) is 8.24. The van der Waals surface area contributed by atoms with Gasteiger partial charge in [-0.3, -0.25) is 14.5 Å². The van der Waals surface area contributed by atoms with Crippen molar-refractivity contribution in [2.75, 3.05) is 53.6 Å². The summed E-state index contributed by atoms with van der Waals surface area (Å²) in [6.07, 6.45) is 0.660. The van der Waals surface area contributed by atoms with Gasteiger partial charge in [0.2, 0.25) is 5.78 Å². The Morgan fingerprint density at radius 1 is 1.04 bits per heavy atom. The Morgan fingerprint density at radius 3 is 2.35 bits per heavy atom. The molecule has 0 saturated heterocycles. The number of rotatable bonds is 11. The Kier molecular flexibility index (Phi) is 9.88. The second kappa shape index (κ2) is 13.6. The van der Waals surface area contributed by atoms with E-state index in [1.165, 1.54) is 0 Å². The molecule has 280 valence electrons. The topological polar surface area (TPSA) is 124 Å². The van der Waals surface area contributed by atoms with Crippen LogP contribution in [0.25, 0.3) is 0 Å². The minimum absolute atomic E-state index is 0.00806. The molecule has 11 nitrogen and oxygen atoms in total. The van der Waals surface area contributed by atoms with Gasteiger partial charge in [0.05, 0.1) is 12.6 Å². The van der Waals surface area contributed by atoms with Crippen molar-refractivity contribution in [2.45, 2.75) is 76.9 Å². The zero-order valence-electron chi connectivity index (χ0n) is 32.4. The number of aromatic nitrogens is 1. The number of aliphatic hydroxyl groups excluding tert-OH is 1. The van der Waals surface area contributed by atoms with Crippen LogP contribution >= 0.6 is 0 Å². The van der Waals surface area contributed by atoms with Crippen molar-refractivity contribution in [1.29, 1.82) is 0 Å². The van der Waals surface area contributed by atoms with E-state index in [4.69, 9.17) is 23.2 Å². The molecular formula is C40H53N3O8Si. The number of Topliss-reactive ketones (excluding diaryl/α,β-unsaturated/α-hetero) is 2. The highest BCUT2D eigenvalue weighted by molar-refractivity contribution is 6.74. The first-order chi connectivity index (χ1) is 24.4. The van der Waals surface area contributed by atoms with Gasteiger partial charge >= 0.3 is 0 Å². The molecule has 3 aliphatic rings. The molecule has 0 bridgehead atoms. The maximum absolute atomic E-state index is 15.6. The average molecular weight is 732 g/mol. The highest BCUT2D eigenvalue weighted by Gasteiger charge is 2.70. The molecule has 0 spiro atoms. The van der Waals surface area contributed by atoms with E-state index in [0.717, 1.165) is 22.4 Å². The number of methoxy groups -OCH3 is 1. The molecule has 0 amide bonds. The molecule has 3 aromatic rings. The molecule has 0 fully saturated rings. The first kappa shape index (κ1) is 37.9. The van der Waals surface area contributed by atoms with Crippen molar-refractivity contribution >= 4 is 25.6 Å². The monoisotopic (exact) mass is 731 g/mol. The van der Waals surface area contributed by atoms with Crippen molar-refractivity contribution in [3.8, 4) is 5.88 Å². The van der Waals surface area contributed by atoms with E-state index in [9.17, 15) is 5.11 Å². The van der Waals surface area contributed by atoms with Gasteiger partial charge in [0.1, 0.15) is 24.7 Å². The third-order valence-electron chi connectivity index (χ3n) is 11.7. The van der Waals surface area contributed by atoms with Crippen LogP contribution in [0.2, 0.25) is 18.1 Å². The molecule has 3 aliphatic carbocycles. The fourth-order valence-corrected chi connectivity index (χ4v) is 9.70. The predicted molar refractivity (Wildman–Crippen MR) is 201 cm³/mol. The molecule has 0 radical (unpaired) electrons. The Bertz CT molecular complexity index is 1900. The molecule has 1 N–H and O–H groups in total. The van der Waals surface area contributed by atoms with Crippen LogP contribution in [0.1, 0.15) is 76.4 Å². The van der Waals surface area contributed by atoms with E-state index in [1.807, 2.05) is 87.4 Å². The molecule has 1 aromatic heterocycles. The minimum Gasteiger partial charge on any atom is -0.508 e. The number of ether oxygens (including phenoxy) is 3. The predicted octanol–water partition coefficient (Wildman–Crippen LogP) is 7.07. The summed E-state index contributed by atoms with van der Waals surface area (Å²) in [5.41, 5.74) is 1.30. The second-order valence-corrected chi connectivity index (χ2v) is 21.3. The molecule has 12 heteroatoms. The normalized spacial score (nSPS) is 24.4. The van der Waals surface area contributed by atoms with Crippen molar-refractivity contribution in [3.05, 3.63) is 87.4 Å². The number of nitrogens with zero attached hydrogens (tertiary/aromatic N) is 3. The molecule has 4 atom stereocenters. The number of hydrogen-bond acceptors (Lipinski definition) is 11. The van der Waals surface area contributed by atoms with Crippen LogP contribution < -0.4 is 9.64 Å². The van der Waals surface area contributed by atoms with Gasteiger partial charge < -0.3 is 33.2 Å². The number of carbonyl (C=O) groups excluding carboxylic acids is 2. The molecule has 0 saturated carbocycles. The standard InChI is InChI=1S/C40H53N3O8Si/c1-24-17-18-28(42(5)6)26-19-39(22-48-23-47-9)20-27-32(43(7)8)34-30(37(41-50-34)49-21-25-15-13-12-14-16-25)35(45)40(27,51-52(10,11)38(2,3)4)36(46)31(39)33(44)29(24)26/h12-18,27,32,46H,19-23H2,1-11H3/t27-,32-,39-,40+/m0/s1. The van der Waals surface area contributed by atoms with Crippen LogP contribution in [-0.2, 0) is 26.9 Å². The zero-order valence-corrected chi connectivity index (χ0v) is 33.4. The first-order valence-electron chi connectivity index (χ1n) is 17.8. The Hall–Kier alpha value is -3.81. The van der Waals surface area contributed by atoms with E-state index in [2.05, 4.69) is 39.0 Å². The summed E-state index contributed by atoms with van der Waals surface area (Å²) in [5, 5.41) is 17.1. The SMILES string of the molecule is COCOC[C@@]12Cc3c(N(C)C)ccc(C)c3C(=O)C1=C(O)[C@]1(O[Si](C)(C)C(C)(C)C)C(=O)c3c(OCc4ccccc4)noc3[C@@H](N(C)C)[C@@H]1C2. The number of carbonyl (C=O) groups is 2. The molecule has 6 rings (SSSR count). The molecule has 1 heterocycles. The lowest BCUT2D eigenvalue weighted by Gasteiger charge is -2.58. The molecule has 0 aliphatic heterocycles. The van der Waals surface area contributed by atoms with Crippen molar-refractivity contribution in [1.82, 2.24) is 10.1 Å². The van der Waals surface area contributed by atoms with Gasteiger partial charge in [-0.05, 0) is 79.9 Å². The number of aryl methyl sites for hydroxylation is 1. The van der Waals surface area contributed by atoms with E-state index >= 15 is 9.59 Å². The fraction of sp³-hybridized carbons (Fsp3) is 0.525. The summed E-state index contributed by atoms with van der Waals surface area (Å²) < 4.78 is 31.0. The molecule has 52 heavy (non-hydrogen) atoms. The second-order valence-electron chi connectivity index (χ2n) is 16.6. The van der Waals surface area contributed by atoms with Crippen LogP contribution in [0.5, 0.6) is 5.88 Å². The maximum atomic E-state index is 15.6. The van der Waals surface area contributed by atoms with Crippen molar-refractivity contribution in [3.63, 3.8) is 0 Å². The average Bonchev–Trinajstić information content (AvgIpc) is 3.48. The molecule has 2 aromatic carbocycles. The number of benzene rings is 2. The lowest BCUT2D eigenvalue weighted by molar-refractivity contribution is -0.0948. The van der Waals surface area contributed by atoms with E-state index in [-0.39, 0.29) is 60.0 Å².